The second-order valence-electron chi connectivity index (χ2n) is 7.04. The Kier molecular flexibility index (Phi) is 3.13. The van der Waals surface area contributed by atoms with E-state index in [4.69, 9.17) is 5.73 Å². The zero-order chi connectivity index (χ0) is 12.9. The summed E-state index contributed by atoms with van der Waals surface area (Å²) < 4.78 is 0. The van der Waals surface area contributed by atoms with Gasteiger partial charge in [-0.1, -0.05) is 20.3 Å². The maximum atomic E-state index is 12.1. The number of hydrogen-bond donors (Lipinski definition) is 2. The van der Waals surface area contributed by atoms with E-state index in [1.807, 2.05) is 13.8 Å². The predicted octanol–water partition coefficient (Wildman–Crippen LogP) is 1.91. The van der Waals surface area contributed by atoms with E-state index < -0.39 is 0 Å². The van der Waals surface area contributed by atoms with Crippen LogP contribution in [0.2, 0.25) is 0 Å². The lowest BCUT2D eigenvalue weighted by Gasteiger charge is -2.33. The van der Waals surface area contributed by atoms with Gasteiger partial charge < -0.3 is 11.1 Å². The highest BCUT2D eigenvalue weighted by Gasteiger charge is 2.54. The SMILES string of the molecule is CC(C)C(N)C(=O)NC1CC2CC1C1CCCC21. The smallest absolute Gasteiger partial charge is 0.237 e. The van der Waals surface area contributed by atoms with Crippen LogP contribution in [0.15, 0.2) is 0 Å². The van der Waals surface area contributed by atoms with E-state index in [0.717, 1.165) is 23.7 Å². The molecule has 3 rings (SSSR count). The van der Waals surface area contributed by atoms with Crippen LogP contribution in [0.1, 0.15) is 46.0 Å². The summed E-state index contributed by atoms with van der Waals surface area (Å²) in [5, 5.41) is 3.24. The topological polar surface area (TPSA) is 55.1 Å². The molecule has 3 saturated carbocycles. The van der Waals surface area contributed by atoms with E-state index in [1.165, 1.54) is 32.1 Å². The molecule has 3 aliphatic carbocycles. The summed E-state index contributed by atoms with van der Waals surface area (Å²) in [5.41, 5.74) is 5.93. The normalized spacial score (nSPS) is 43.2. The van der Waals surface area contributed by atoms with Crippen LogP contribution in [0.5, 0.6) is 0 Å². The molecule has 0 spiro atoms. The number of carbonyl (C=O) groups is 1. The van der Waals surface area contributed by atoms with Crippen molar-refractivity contribution in [3.8, 4) is 0 Å². The molecule has 3 aliphatic rings. The fourth-order valence-electron chi connectivity index (χ4n) is 4.82. The Morgan fingerprint density at radius 2 is 1.89 bits per heavy atom. The lowest BCUT2D eigenvalue weighted by molar-refractivity contribution is -0.124. The Labute approximate surface area is 110 Å². The van der Waals surface area contributed by atoms with Crippen molar-refractivity contribution in [3.05, 3.63) is 0 Å². The molecule has 3 fully saturated rings. The number of nitrogens with one attached hydrogen (secondary N) is 1. The van der Waals surface area contributed by atoms with Crippen molar-refractivity contribution in [1.29, 1.82) is 0 Å². The molecule has 0 aromatic carbocycles. The number of rotatable bonds is 3. The van der Waals surface area contributed by atoms with Crippen LogP contribution in [0.25, 0.3) is 0 Å². The molecule has 102 valence electrons. The fraction of sp³-hybridized carbons (Fsp3) is 0.933. The first kappa shape index (κ1) is 12.5. The molecule has 0 aliphatic heterocycles. The van der Waals surface area contributed by atoms with Gasteiger partial charge in [-0.15, -0.1) is 0 Å². The van der Waals surface area contributed by atoms with E-state index >= 15 is 0 Å². The number of fused-ring (bicyclic) bond motifs is 5. The van der Waals surface area contributed by atoms with Crippen LogP contribution >= 0.6 is 0 Å². The van der Waals surface area contributed by atoms with Crippen molar-refractivity contribution in [2.24, 2.45) is 35.3 Å². The summed E-state index contributed by atoms with van der Waals surface area (Å²) >= 11 is 0. The molecule has 0 heterocycles. The molecule has 2 bridgehead atoms. The predicted molar refractivity (Wildman–Crippen MR) is 71.8 cm³/mol. The third-order valence-corrected chi connectivity index (χ3v) is 5.78. The van der Waals surface area contributed by atoms with E-state index in [2.05, 4.69) is 5.32 Å². The highest BCUT2D eigenvalue weighted by Crippen LogP contribution is 2.58. The Morgan fingerprint density at radius 1 is 1.17 bits per heavy atom. The minimum Gasteiger partial charge on any atom is -0.352 e. The minimum atomic E-state index is -0.344. The number of hydrogen-bond acceptors (Lipinski definition) is 2. The van der Waals surface area contributed by atoms with Crippen molar-refractivity contribution in [2.45, 2.75) is 58.0 Å². The lowest BCUT2D eigenvalue weighted by atomic mass is 9.79. The van der Waals surface area contributed by atoms with Gasteiger partial charge in [-0.05, 0) is 55.3 Å². The Morgan fingerprint density at radius 3 is 2.61 bits per heavy atom. The third kappa shape index (κ3) is 1.87. The van der Waals surface area contributed by atoms with Gasteiger partial charge in [-0.25, -0.2) is 0 Å². The fourth-order valence-corrected chi connectivity index (χ4v) is 4.82. The van der Waals surface area contributed by atoms with Crippen molar-refractivity contribution in [2.75, 3.05) is 0 Å². The Balaban J connectivity index is 1.61. The maximum absolute atomic E-state index is 12.1. The van der Waals surface area contributed by atoms with Crippen LogP contribution in [0.4, 0.5) is 0 Å². The molecule has 6 atom stereocenters. The van der Waals surface area contributed by atoms with Crippen LogP contribution in [-0.4, -0.2) is 18.0 Å². The summed E-state index contributed by atoms with van der Waals surface area (Å²) in [7, 11) is 0. The molecule has 0 saturated heterocycles. The monoisotopic (exact) mass is 250 g/mol. The van der Waals surface area contributed by atoms with Crippen molar-refractivity contribution >= 4 is 5.91 Å². The minimum absolute atomic E-state index is 0.0668. The summed E-state index contributed by atoms with van der Waals surface area (Å²) in [4.78, 5) is 12.1. The Hall–Kier alpha value is -0.570. The van der Waals surface area contributed by atoms with Gasteiger partial charge in [-0.2, -0.15) is 0 Å². The van der Waals surface area contributed by atoms with E-state index in [0.29, 0.717) is 6.04 Å². The van der Waals surface area contributed by atoms with Crippen LogP contribution < -0.4 is 11.1 Å². The van der Waals surface area contributed by atoms with Gasteiger partial charge in [0.1, 0.15) is 0 Å². The zero-order valence-electron chi connectivity index (χ0n) is 11.6. The van der Waals surface area contributed by atoms with Gasteiger partial charge in [0.05, 0.1) is 6.04 Å². The first-order valence-electron chi connectivity index (χ1n) is 7.64. The van der Waals surface area contributed by atoms with E-state index in [-0.39, 0.29) is 17.9 Å². The summed E-state index contributed by atoms with van der Waals surface area (Å²) in [6.07, 6.45) is 6.82. The summed E-state index contributed by atoms with van der Waals surface area (Å²) in [6.45, 7) is 4.02. The molecular formula is C15H26N2O. The molecule has 3 heteroatoms. The maximum Gasteiger partial charge on any atom is 0.237 e. The van der Waals surface area contributed by atoms with Crippen molar-refractivity contribution in [3.63, 3.8) is 0 Å². The highest BCUT2D eigenvalue weighted by molar-refractivity contribution is 5.82. The van der Waals surface area contributed by atoms with Crippen molar-refractivity contribution < 1.29 is 4.79 Å². The number of amides is 1. The molecule has 3 N–H and O–H groups in total. The molecule has 0 radical (unpaired) electrons. The number of nitrogens with two attached hydrogens (primary N) is 1. The number of carbonyl (C=O) groups excluding carboxylic acids is 1. The molecule has 0 aromatic rings. The molecule has 18 heavy (non-hydrogen) atoms. The third-order valence-electron chi connectivity index (χ3n) is 5.78. The molecule has 1 amide bonds. The first-order valence-corrected chi connectivity index (χ1v) is 7.64. The summed E-state index contributed by atoms with van der Waals surface area (Å²) in [6, 6.07) is 0.0788. The second kappa shape index (κ2) is 4.52. The zero-order valence-corrected chi connectivity index (χ0v) is 11.6. The van der Waals surface area contributed by atoms with Gasteiger partial charge in [-0.3, -0.25) is 4.79 Å². The standard InChI is InChI=1S/C15H26N2O/c1-8(2)14(16)15(18)17-13-7-9-6-12(13)11-5-3-4-10(9)11/h8-14H,3-7,16H2,1-2H3,(H,17,18). The second-order valence-corrected chi connectivity index (χ2v) is 7.04. The van der Waals surface area contributed by atoms with Crippen LogP contribution in [0, 0.1) is 29.6 Å². The lowest BCUT2D eigenvalue weighted by Crippen LogP contribution is -2.50. The average molecular weight is 250 g/mol. The van der Waals surface area contributed by atoms with Gasteiger partial charge in [0.25, 0.3) is 0 Å². The Bertz CT molecular complexity index is 341. The summed E-state index contributed by atoms with van der Waals surface area (Å²) in [5.74, 6) is 3.83. The van der Waals surface area contributed by atoms with Gasteiger partial charge in [0.2, 0.25) is 5.91 Å². The largest absolute Gasteiger partial charge is 0.352 e. The van der Waals surface area contributed by atoms with Crippen LogP contribution in [0.3, 0.4) is 0 Å². The van der Waals surface area contributed by atoms with Gasteiger partial charge in [0, 0.05) is 6.04 Å². The van der Waals surface area contributed by atoms with E-state index in [9.17, 15) is 4.79 Å². The molecule has 0 aromatic heterocycles. The average Bonchev–Trinajstić information content (AvgIpc) is 2.98. The quantitative estimate of drug-likeness (QED) is 0.804. The first-order chi connectivity index (χ1) is 8.58. The molecule has 3 nitrogen and oxygen atoms in total. The van der Waals surface area contributed by atoms with Crippen LogP contribution in [-0.2, 0) is 4.79 Å². The van der Waals surface area contributed by atoms with Crippen molar-refractivity contribution in [1.82, 2.24) is 5.32 Å². The molecular weight excluding hydrogens is 224 g/mol. The van der Waals surface area contributed by atoms with Gasteiger partial charge >= 0.3 is 0 Å². The van der Waals surface area contributed by atoms with Gasteiger partial charge in [0.15, 0.2) is 0 Å². The van der Waals surface area contributed by atoms with E-state index in [1.54, 1.807) is 0 Å². The molecule has 6 unspecified atom stereocenters. The highest BCUT2D eigenvalue weighted by atomic mass is 16.2.